The molecule has 6 nitrogen and oxygen atoms in total. The van der Waals surface area contributed by atoms with E-state index in [0.29, 0.717) is 35.3 Å². The highest BCUT2D eigenvalue weighted by Crippen LogP contribution is 2.23. The molecule has 0 amide bonds. The predicted octanol–water partition coefficient (Wildman–Crippen LogP) is 2.98. The number of hydrogen-bond donors (Lipinski definition) is 2. The molecule has 0 aromatic carbocycles. The minimum absolute atomic E-state index is 0. The molecule has 26 heavy (non-hydrogen) atoms. The first-order chi connectivity index (χ1) is 12.1. The number of hydrogen-bond acceptors (Lipinski definition) is 4. The molecule has 0 aliphatic heterocycles. The molecule has 148 valence electrons. The van der Waals surface area contributed by atoms with Crippen LogP contribution in [0.1, 0.15) is 32.6 Å². The van der Waals surface area contributed by atoms with Crippen molar-refractivity contribution in [1.29, 1.82) is 0 Å². The van der Waals surface area contributed by atoms with Crippen molar-refractivity contribution in [3.8, 4) is 5.88 Å². The van der Waals surface area contributed by atoms with Crippen LogP contribution in [0.25, 0.3) is 0 Å². The molecule has 0 radical (unpaired) electrons. The van der Waals surface area contributed by atoms with Crippen LogP contribution in [0.15, 0.2) is 23.3 Å². The highest BCUT2D eigenvalue weighted by atomic mass is 127. The third-order valence-corrected chi connectivity index (χ3v) is 6.23. The van der Waals surface area contributed by atoms with E-state index in [9.17, 15) is 4.21 Å². The SMILES string of the molecule is CCS(=O)C1CCCC(NC(=NC)NCCOc2ncccc2Cl)C1.I. The summed E-state index contributed by atoms with van der Waals surface area (Å²) in [6.45, 7) is 3.01. The van der Waals surface area contributed by atoms with Gasteiger partial charge in [0.05, 0.1) is 6.54 Å². The van der Waals surface area contributed by atoms with Gasteiger partial charge >= 0.3 is 0 Å². The molecule has 2 N–H and O–H groups in total. The number of nitrogens with zero attached hydrogens (tertiary/aromatic N) is 2. The second-order valence-corrected chi connectivity index (χ2v) is 8.35. The van der Waals surface area contributed by atoms with Crippen LogP contribution in [0.5, 0.6) is 5.88 Å². The van der Waals surface area contributed by atoms with E-state index >= 15 is 0 Å². The molecule has 1 saturated carbocycles. The van der Waals surface area contributed by atoms with Gasteiger partial charge in [-0.3, -0.25) is 9.20 Å². The molecule has 1 aliphatic rings. The molecule has 0 spiro atoms. The zero-order valence-corrected chi connectivity index (χ0v) is 19.1. The lowest BCUT2D eigenvalue weighted by Crippen LogP contribution is -2.47. The van der Waals surface area contributed by atoms with Gasteiger partial charge in [-0.1, -0.05) is 24.9 Å². The van der Waals surface area contributed by atoms with Gasteiger partial charge in [-0.2, -0.15) is 0 Å². The number of guanidine groups is 1. The van der Waals surface area contributed by atoms with Crippen molar-refractivity contribution in [1.82, 2.24) is 15.6 Å². The average molecular weight is 515 g/mol. The fraction of sp³-hybridized carbons (Fsp3) is 0.647. The summed E-state index contributed by atoms with van der Waals surface area (Å²) >= 11 is 6.00. The Bertz CT molecular complexity index is 606. The number of pyridine rings is 1. The third-order valence-electron chi connectivity index (χ3n) is 4.20. The fourth-order valence-electron chi connectivity index (χ4n) is 2.93. The Kier molecular flexibility index (Phi) is 11.5. The van der Waals surface area contributed by atoms with Crippen LogP contribution in [0.3, 0.4) is 0 Å². The number of rotatable bonds is 7. The summed E-state index contributed by atoms with van der Waals surface area (Å²) in [5, 5.41) is 7.46. The molecule has 2 rings (SSSR count). The zero-order valence-electron chi connectivity index (χ0n) is 15.2. The maximum atomic E-state index is 12.0. The van der Waals surface area contributed by atoms with Crippen LogP contribution in [-0.4, -0.2) is 52.4 Å². The van der Waals surface area contributed by atoms with Gasteiger partial charge in [0, 0.05) is 41.1 Å². The average Bonchev–Trinajstić information content (AvgIpc) is 2.65. The van der Waals surface area contributed by atoms with E-state index in [2.05, 4.69) is 20.6 Å². The van der Waals surface area contributed by atoms with Crippen molar-refractivity contribution in [3.63, 3.8) is 0 Å². The van der Waals surface area contributed by atoms with Crippen molar-refractivity contribution >= 4 is 52.3 Å². The summed E-state index contributed by atoms with van der Waals surface area (Å²) in [7, 11) is 1.03. The second kappa shape index (κ2) is 12.7. The minimum atomic E-state index is -0.721. The topological polar surface area (TPSA) is 75.6 Å². The number of halogens is 2. The smallest absolute Gasteiger partial charge is 0.232 e. The number of nitrogens with one attached hydrogen (secondary N) is 2. The van der Waals surface area contributed by atoms with Gasteiger partial charge in [0.15, 0.2) is 5.96 Å². The van der Waals surface area contributed by atoms with E-state index < -0.39 is 10.8 Å². The number of aliphatic imine (C=N–C) groups is 1. The van der Waals surface area contributed by atoms with Crippen LogP contribution in [-0.2, 0) is 10.8 Å². The van der Waals surface area contributed by atoms with Gasteiger partial charge in [0.25, 0.3) is 0 Å². The van der Waals surface area contributed by atoms with Crippen LogP contribution in [0.2, 0.25) is 5.02 Å². The van der Waals surface area contributed by atoms with E-state index in [4.69, 9.17) is 16.3 Å². The van der Waals surface area contributed by atoms with E-state index in [1.165, 1.54) is 0 Å². The Morgan fingerprint density at radius 3 is 3.00 bits per heavy atom. The Hall–Kier alpha value is -0.610. The predicted molar refractivity (Wildman–Crippen MR) is 119 cm³/mol. The lowest BCUT2D eigenvalue weighted by atomic mass is 9.95. The molecule has 3 atom stereocenters. The molecule has 9 heteroatoms. The first-order valence-corrected chi connectivity index (χ1v) is 10.5. The lowest BCUT2D eigenvalue weighted by Gasteiger charge is -2.30. The van der Waals surface area contributed by atoms with Gasteiger partial charge in [0.1, 0.15) is 11.6 Å². The molecule has 1 aromatic heterocycles. The largest absolute Gasteiger partial charge is 0.475 e. The molecule has 3 unspecified atom stereocenters. The van der Waals surface area contributed by atoms with Gasteiger partial charge in [-0.15, -0.1) is 24.0 Å². The quantitative estimate of drug-likeness (QED) is 0.253. The zero-order chi connectivity index (χ0) is 18.1. The van der Waals surface area contributed by atoms with Crippen LogP contribution < -0.4 is 15.4 Å². The summed E-state index contributed by atoms with van der Waals surface area (Å²) < 4.78 is 17.6. The van der Waals surface area contributed by atoms with Gasteiger partial charge < -0.3 is 15.4 Å². The van der Waals surface area contributed by atoms with E-state index in [0.717, 1.165) is 37.4 Å². The molecule has 1 heterocycles. The summed E-state index contributed by atoms with van der Waals surface area (Å²) in [5.74, 6) is 1.91. The maximum Gasteiger partial charge on any atom is 0.232 e. The van der Waals surface area contributed by atoms with Crippen molar-refractivity contribution in [3.05, 3.63) is 23.4 Å². The summed E-state index contributed by atoms with van der Waals surface area (Å²) in [6.07, 6.45) is 5.82. The highest BCUT2D eigenvalue weighted by molar-refractivity contribution is 14.0. The fourth-order valence-corrected chi connectivity index (χ4v) is 4.46. The highest BCUT2D eigenvalue weighted by Gasteiger charge is 2.25. The standard InChI is InChI=1S/C17H27ClN4O2S.HI/c1-3-25(23)14-7-4-6-13(12-14)22-17(19-2)21-10-11-24-16-15(18)8-5-9-20-16;/h5,8-9,13-14H,3-4,6-7,10-12H2,1-2H3,(H2,19,21,22);1H. The first-order valence-electron chi connectivity index (χ1n) is 8.71. The van der Waals surface area contributed by atoms with E-state index in [1.54, 1.807) is 25.4 Å². The summed E-state index contributed by atoms with van der Waals surface area (Å²) in [4.78, 5) is 8.34. The monoisotopic (exact) mass is 514 g/mol. The first kappa shape index (κ1) is 23.4. The van der Waals surface area contributed by atoms with Crippen molar-refractivity contribution in [2.45, 2.75) is 43.9 Å². The molecular formula is C17H28ClIN4O2S. The van der Waals surface area contributed by atoms with Crippen molar-refractivity contribution < 1.29 is 8.95 Å². The summed E-state index contributed by atoms with van der Waals surface area (Å²) in [5.41, 5.74) is 0. The van der Waals surface area contributed by atoms with Gasteiger partial charge in [-0.25, -0.2) is 4.98 Å². The normalized spacial score (nSPS) is 21.4. The van der Waals surface area contributed by atoms with E-state index in [-0.39, 0.29) is 24.0 Å². The van der Waals surface area contributed by atoms with Crippen LogP contribution in [0.4, 0.5) is 0 Å². The molecule has 1 aromatic rings. The second-order valence-electron chi connectivity index (χ2n) is 5.94. The van der Waals surface area contributed by atoms with Crippen molar-refractivity contribution in [2.24, 2.45) is 4.99 Å². The van der Waals surface area contributed by atoms with Crippen molar-refractivity contribution in [2.75, 3.05) is 26.0 Å². The van der Waals surface area contributed by atoms with Crippen LogP contribution in [0, 0.1) is 0 Å². The lowest BCUT2D eigenvalue weighted by molar-refractivity contribution is 0.309. The Labute approximate surface area is 180 Å². The van der Waals surface area contributed by atoms with Crippen LogP contribution >= 0.6 is 35.6 Å². The van der Waals surface area contributed by atoms with Gasteiger partial charge in [-0.05, 0) is 31.4 Å². The maximum absolute atomic E-state index is 12.0. The Morgan fingerprint density at radius 2 is 2.31 bits per heavy atom. The number of ether oxygens (including phenoxy) is 1. The Morgan fingerprint density at radius 1 is 1.50 bits per heavy atom. The molecule has 0 saturated heterocycles. The molecule has 0 bridgehead atoms. The van der Waals surface area contributed by atoms with E-state index in [1.807, 2.05) is 6.92 Å². The van der Waals surface area contributed by atoms with Gasteiger partial charge in [0.2, 0.25) is 5.88 Å². The third kappa shape index (κ3) is 7.56. The molecule has 1 fully saturated rings. The number of aromatic nitrogens is 1. The Balaban J connectivity index is 0.00000338. The molecule has 1 aliphatic carbocycles. The minimum Gasteiger partial charge on any atom is -0.475 e. The molecular weight excluding hydrogens is 487 g/mol. The summed E-state index contributed by atoms with van der Waals surface area (Å²) in [6, 6.07) is 3.83.